The molecule has 2 aromatic carbocycles. The van der Waals surface area contributed by atoms with Crippen LogP contribution in [0.3, 0.4) is 0 Å². The van der Waals surface area contributed by atoms with E-state index in [-0.39, 0.29) is 21.6 Å². The van der Waals surface area contributed by atoms with Crippen LogP contribution in [0.1, 0.15) is 43.0 Å². The van der Waals surface area contributed by atoms with E-state index < -0.39 is 10.1 Å². The molecule has 5 heteroatoms. The lowest BCUT2D eigenvalue weighted by molar-refractivity contribution is 0.483. The molecule has 2 aromatic rings. The molecule has 0 unspecified atom stereocenters. The first-order chi connectivity index (χ1) is 11.1. The summed E-state index contributed by atoms with van der Waals surface area (Å²) in [6.07, 6.45) is 0. The van der Waals surface area contributed by atoms with Crippen LogP contribution in [0, 0.1) is 25.2 Å². The molecule has 24 heavy (non-hydrogen) atoms. The van der Waals surface area contributed by atoms with Crippen LogP contribution in [0.25, 0.3) is 0 Å². The van der Waals surface area contributed by atoms with Gasteiger partial charge in [0.05, 0.1) is 5.56 Å². The fraction of sp³-hybridized carbons (Fsp3) is 0.316. The molecular weight excluding hydrogens is 322 g/mol. The van der Waals surface area contributed by atoms with E-state index in [0.29, 0.717) is 11.1 Å². The van der Waals surface area contributed by atoms with Gasteiger partial charge in [0.2, 0.25) is 0 Å². The Morgan fingerprint density at radius 2 is 1.58 bits per heavy atom. The minimum atomic E-state index is -4.02. The van der Waals surface area contributed by atoms with Gasteiger partial charge in [-0.2, -0.15) is 13.7 Å². The Morgan fingerprint density at radius 1 is 1.04 bits per heavy atom. The van der Waals surface area contributed by atoms with Gasteiger partial charge in [-0.15, -0.1) is 0 Å². The van der Waals surface area contributed by atoms with Gasteiger partial charge < -0.3 is 4.18 Å². The molecule has 0 fully saturated rings. The third-order valence-electron chi connectivity index (χ3n) is 3.78. The van der Waals surface area contributed by atoms with Gasteiger partial charge in [0.25, 0.3) is 0 Å². The first-order valence-corrected chi connectivity index (χ1v) is 9.02. The Morgan fingerprint density at radius 3 is 2.08 bits per heavy atom. The van der Waals surface area contributed by atoms with Gasteiger partial charge in [-0.1, -0.05) is 45.0 Å². The molecule has 126 valence electrons. The number of rotatable bonds is 3. The predicted octanol–water partition coefficient (Wildman–Crippen LogP) is 4.24. The highest BCUT2D eigenvalue weighted by Crippen LogP contribution is 2.31. The summed E-state index contributed by atoms with van der Waals surface area (Å²) in [6, 6.07) is 12.0. The fourth-order valence-electron chi connectivity index (χ4n) is 2.57. The van der Waals surface area contributed by atoms with Crippen molar-refractivity contribution >= 4 is 10.1 Å². The van der Waals surface area contributed by atoms with Crippen LogP contribution in [0.5, 0.6) is 5.75 Å². The first kappa shape index (κ1) is 18.0. The van der Waals surface area contributed by atoms with Crippen molar-refractivity contribution < 1.29 is 12.6 Å². The first-order valence-electron chi connectivity index (χ1n) is 7.61. The highest BCUT2D eigenvalue weighted by molar-refractivity contribution is 7.87. The Hall–Kier alpha value is -2.32. The second-order valence-electron chi connectivity index (χ2n) is 6.83. The van der Waals surface area contributed by atoms with Gasteiger partial charge in [-0.05, 0) is 48.1 Å². The van der Waals surface area contributed by atoms with E-state index in [2.05, 4.69) is 20.8 Å². The van der Waals surface area contributed by atoms with Crippen LogP contribution in [0.15, 0.2) is 41.3 Å². The number of aryl methyl sites for hydroxylation is 2. The molecule has 0 radical (unpaired) electrons. The summed E-state index contributed by atoms with van der Waals surface area (Å²) in [4.78, 5) is 0.156. The van der Waals surface area contributed by atoms with Gasteiger partial charge in [0.1, 0.15) is 11.0 Å². The zero-order valence-corrected chi connectivity index (χ0v) is 15.4. The minimum absolute atomic E-state index is 0.0405. The standard InChI is InChI=1S/C19H21NO3S/c1-13-10-16(19(3,4)5)11-14(2)18(13)24(21,22)23-17-9-7-6-8-15(17)12-20/h6-11H,1-5H3. The van der Waals surface area contributed by atoms with E-state index in [1.54, 1.807) is 26.0 Å². The summed E-state index contributed by atoms with van der Waals surface area (Å²) in [5, 5.41) is 9.10. The molecule has 0 spiro atoms. The minimum Gasteiger partial charge on any atom is -0.378 e. The Balaban J connectivity index is 2.53. The van der Waals surface area contributed by atoms with Crippen molar-refractivity contribution in [3.05, 3.63) is 58.7 Å². The molecule has 0 aliphatic rings. The van der Waals surface area contributed by atoms with Crippen molar-refractivity contribution in [2.75, 3.05) is 0 Å². The summed E-state index contributed by atoms with van der Waals surface area (Å²) < 4.78 is 30.7. The maximum atomic E-state index is 12.7. The zero-order chi connectivity index (χ0) is 18.1. The highest BCUT2D eigenvalue weighted by atomic mass is 32.2. The number of benzene rings is 2. The fourth-order valence-corrected chi connectivity index (χ4v) is 3.94. The molecule has 0 saturated carbocycles. The van der Waals surface area contributed by atoms with Crippen LogP contribution >= 0.6 is 0 Å². The predicted molar refractivity (Wildman–Crippen MR) is 93.6 cm³/mol. The van der Waals surface area contributed by atoms with Crippen molar-refractivity contribution in [3.63, 3.8) is 0 Å². The van der Waals surface area contributed by atoms with Crippen molar-refractivity contribution in [3.8, 4) is 11.8 Å². The summed E-state index contributed by atoms with van der Waals surface area (Å²) in [6.45, 7) is 9.75. The van der Waals surface area contributed by atoms with Crippen LogP contribution in [0.2, 0.25) is 0 Å². The molecule has 4 nitrogen and oxygen atoms in total. The average molecular weight is 343 g/mol. The molecular formula is C19H21NO3S. The van der Waals surface area contributed by atoms with Gasteiger partial charge in [0.15, 0.2) is 5.75 Å². The maximum absolute atomic E-state index is 12.7. The second kappa shape index (κ2) is 6.29. The Kier molecular flexibility index (Phi) is 4.73. The van der Waals surface area contributed by atoms with E-state index in [1.807, 2.05) is 18.2 Å². The third kappa shape index (κ3) is 3.60. The molecule has 0 saturated heterocycles. The smallest absolute Gasteiger partial charge is 0.339 e. The number of nitrogens with zero attached hydrogens (tertiary/aromatic N) is 1. The van der Waals surface area contributed by atoms with Gasteiger partial charge >= 0.3 is 10.1 Å². The molecule has 0 aliphatic carbocycles. The Labute approximate surface area is 143 Å². The second-order valence-corrected chi connectivity index (χ2v) is 8.32. The summed E-state index contributed by atoms with van der Waals surface area (Å²) in [5.74, 6) is 0.0405. The Bertz CT molecular complexity index is 893. The normalized spacial score (nSPS) is 11.8. The van der Waals surface area contributed by atoms with E-state index >= 15 is 0 Å². The van der Waals surface area contributed by atoms with E-state index in [4.69, 9.17) is 9.44 Å². The number of nitriles is 1. The highest BCUT2D eigenvalue weighted by Gasteiger charge is 2.25. The molecule has 0 N–H and O–H groups in total. The lowest BCUT2D eigenvalue weighted by Gasteiger charge is -2.22. The van der Waals surface area contributed by atoms with Crippen LogP contribution in [-0.4, -0.2) is 8.42 Å². The zero-order valence-electron chi connectivity index (χ0n) is 14.5. The van der Waals surface area contributed by atoms with Crippen molar-refractivity contribution in [1.82, 2.24) is 0 Å². The van der Waals surface area contributed by atoms with E-state index in [9.17, 15) is 8.42 Å². The summed E-state index contributed by atoms with van der Waals surface area (Å²) in [7, 11) is -4.02. The summed E-state index contributed by atoms with van der Waals surface area (Å²) >= 11 is 0. The largest absolute Gasteiger partial charge is 0.378 e. The van der Waals surface area contributed by atoms with Gasteiger partial charge in [-0.3, -0.25) is 0 Å². The van der Waals surface area contributed by atoms with E-state index in [0.717, 1.165) is 5.56 Å². The maximum Gasteiger partial charge on any atom is 0.339 e. The third-order valence-corrected chi connectivity index (χ3v) is 5.33. The molecule has 0 amide bonds. The van der Waals surface area contributed by atoms with Crippen LogP contribution in [0.4, 0.5) is 0 Å². The molecule has 0 aromatic heterocycles. The van der Waals surface area contributed by atoms with Crippen molar-refractivity contribution in [1.29, 1.82) is 5.26 Å². The molecule has 0 aliphatic heterocycles. The van der Waals surface area contributed by atoms with Gasteiger partial charge in [-0.25, -0.2) is 0 Å². The number of hydrogen-bond donors (Lipinski definition) is 0. The number of hydrogen-bond acceptors (Lipinski definition) is 4. The van der Waals surface area contributed by atoms with E-state index in [1.165, 1.54) is 12.1 Å². The number of para-hydroxylation sites is 1. The topological polar surface area (TPSA) is 67.2 Å². The molecule has 0 heterocycles. The van der Waals surface area contributed by atoms with Crippen molar-refractivity contribution in [2.45, 2.75) is 44.9 Å². The quantitative estimate of drug-likeness (QED) is 0.782. The lowest BCUT2D eigenvalue weighted by atomic mass is 9.85. The molecule has 2 rings (SSSR count). The lowest BCUT2D eigenvalue weighted by Crippen LogP contribution is -2.17. The molecule has 0 atom stereocenters. The molecule has 0 bridgehead atoms. The van der Waals surface area contributed by atoms with Gasteiger partial charge in [0, 0.05) is 0 Å². The monoisotopic (exact) mass is 343 g/mol. The average Bonchev–Trinajstić information content (AvgIpc) is 2.45. The van der Waals surface area contributed by atoms with Crippen LogP contribution < -0.4 is 4.18 Å². The van der Waals surface area contributed by atoms with Crippen LogP contribution in [-0.2, 0) is 15.5 Å². The summed E-state index contributed by atoms with van der Waals surface area (Å²) in [5.41, 5.74) is 2.44. The van der Waals surface area contributed by atoms with Crippen molar-refractivity contribution in [2.24, 2.45) is 0 Å². The SMILES string of the molecule is Cc1cc(C(C)(C)C)cc(C)c1S(=O)(=O)Oc1ccccc1C#N.